The lowest BCUT2D eigenvalue weighted by atomic mass is 10.0. The van der Waals surface area contributed by atoms with Gasteiger partial charge in [-0.05, 0) is 55.2 Å². The molecule has 0 saturated heterocycles. The van der Waals surface area contributed by atoms with Crippen molar-refractivity contribution in [3.05, 3.63) is 63.2 Å². The Balaban J connectivity index is 1.82. The molecule has 0 saturated carbocycles. The molecule has 27 heavy (non-hydrogen) atoms. The quantitative estimate of drug-likeness (QED) is 0.420. The molecule has 2 N–H and O–H groups in total. The highest BCUT2D eigenvalue weighted by Gasteiger charge is 2.12. The number of carbonyl (C=O) groups excluding carboxylic acids is 1. The minimum absolute atomic E-state index is 0.245. The van der Waals surface area contributed by atoms with E-state index >= 15 is 0 Å². The number of hydrogen-bond acceptors (Lipinski definition) is 6. The minimum Gasteiger partial charge on any atom is -0.502 e. The highest BCUT2D eigenvalue weighted by molar-refractivity contribution is 5.83. The van der Waals surface area contributed by atoms with Gasteiger partial charge in [-0.2, -0.15) is 5.10 Å². The molecule has 0 fully saturated rings. The topological polar surface area (TPSA) is 114 Å². The lowest BCUT2D eigenvalue weighted by molar-refractivity contribution is -0.385. The maximum Gasteiger partial charge on any atom is 0.311 e. The molecule has 2 aromatic carbocycles. The van der Waals surface area contributed by atoms with Gasteiger partial charge in [0.25, 0.3) is 0 Å². The first-order valence-electron chi connectivity index (χ1n) is 8.33. The molecule has 0 aliphatic rings. The Morgan fingerprint density at radius 3 is 2.78 bits per heavy atom. The van der Waals surface area contributed by atoms with Crippen LogP contribution < -0.4 is 10.2 Å². The molecule has 8 nitrogen and oxygen atoms in total. The Kier molecular flexibility index (Phi) is 6.87. The van der Waals surface area contributed by atoms with E-state index in [0.29, 0.717) is 18.4 Å². The summed E-state index contributed by atoms with van der Waals surface area (Å²) in [5.41, 5.74) is 4.64. The molecule has 0 heterocycles. The number of nitrogens with zero attached hydrogens (tertiary/aromatic N) is 2. The second-order valence-electron chi connectivity index (χ2n) is 5.94. The van der Waals surface area contributed by atoms with Crippen molar-refractivity contribution in [1.82, 2.24) is 5.43 Å². The summed E-state index contributed by atoms with van der Waals surface area (Å²) in [5.74, 6) is 0.138. The van der Waals surface area contributed by atoms with E-state index in [9.17, 15) is 20.0 Å². The van der Waals surface area contributed by atoms with Crippen molar-refractivity contribution < 1.29 is 19.6 Å². The summed E-state index contributed by atoms with van der Waals surface area (Å²) in [7, 11) is 1.62. The third-order valence-electron chi connectivity index (χ3n) is 4.00. The molecule has 0 spiro atoms. The molecule has 8 heteroatoms. The zero-order chi connectivity index (χ0) is 19.8. The van der Waals surface area contributed by atoms with Crippen LogP contribution in [0.3, 0.4) is 0 Å². The van der Waals surface area contributed by atoms with E-state index in [2.05, 4.69) is 10.5 Å². The Morgan fingerprint density at radius 2 is 2.11 bits per heavy atom. The van der Waals surface area contributed by atoms with E-state index in [4.69, 9.17) is 4.74 Å². The van der Waals surface area contributed by atoms with Crippen LogP contribution in [0.1, 0.15) is 29.5 Å². The molecule has 0 aromatic heterocycles. The highest BCUT2D eigenvalue weighted by atomic mass is 16.6. The van der Waals surface area contributed by atoms with Gasteiger partial charge < -0.3 is 9.84 Å². The van der Waals surface area contributed by atoms with Gasteiger partial charge >= 0.3 is 5.69 Å². The average molecular weight is 371 g/mol. The number of benzene rings is 2. The second-order valence-corrected chi connectivity index (χ2v) is 5.94. The fraction of sp³-hybridized carbons (Fsp3) is 0.263. The maximum atomic E-state index is 11.8. The predicted octanol–water partition coefficient (Wildman–Crippen LogP) is 3.09. The number of aromatic hydroxyl groups is 1. The van der Waals surface area contributed by atoms with Crippen LogP contribution in [0, 0.1) is 17.0 Å². The van der Waals surface area contributed by atoms with Gasteiger partial charge in [-0.1, -0.05) is 6.07 Å². The number of nitrogens with one attached hydrogen (secondary N) is 1. The Morgan fingerprint density at radius 1 is 1.33 bits per heavy atom. The van der Waals surface area contributed by atoms with Crippen LogP contribution in [0.25, 0.3) is 0 Å². The average Bonchev–Trinajstić information content (AvgIpc) is 2.64. The number of phenols is 1. The lowest BCUT2D eigenvalue weighted by Crippen LogP contribution is -2.17. The summed E-state index contributed by atoms with van der Waals surface area (Å²) < 4.78 is 5.17. The molecule has 0 atom stereocenters. The third kappa shape index (κ3) is 5.81. The van der Waals surface area contributed by atoms with Gasteiger partial charge in [0.1, 0.15) is 5.75 Å². The van der Waals surface area contributed by atoms with Gasteiger partial charge in [0.15, 0.2) is 5.75 Å². The number of ether oxygens (including phenoxy) is 1. The molecular weight excluding hydrogens is 350 g/mol. The van der Waals surface area contributed by atoms with Crippen molar-refractivity contribution in [1.29, 1.82) is 0 Å². The van der Waals surface area contributed by atoms with Crippen molar-refractivity contribution in [3.8, 4) is 11.5 Å². The first-order chi connectivity index (χ1) is 12.9. The summed E-state index contributed by atoms with van der Waals surface area (Å²) in [6, 6.07) is 9.68. The van der Waals surface area contributed by atoms with Gasteiger partial charge in [0.2, 0.25) is 5.91 Å². The fourth-order valence-electron chi connectivity index (χ4n) is 2.52. The van der Waals surface area contributed by atoms with Gasteiger partial charge in [0, 0.05) is 18.1 Å². The third-order valence-corrected chi connectivity index (χ3v) is 4.00. The standard InChI is InChI=1S/C19H21N3O5/c1-13-10-16(27-2)8-7-15(13)4-3-5-19(24)21-20-12-14-6-9-18(23)17(11-14)22(25)26/h6-12,23H,3-5H2,1-2H3,(H,21,24)/b20-12-. The molecule has 2 rings (SSSR count). The van der Waals surface area contributed by atoms with E-state index in [0.717, 1.165) is 23.3 Å². The van der Waals surface area contributed by atoms with E-state index < -0.39 is 16.4 Å². The lowest BCUT2D eigenvalue weighted by Gasteiger charge is -2.07. The van der Waals surface area contributed by atoms with Crippen LogP contribution in [0.2, 0.25) is 0 Å². The number of methoxy groups -OCH3 is 1. The fourth-order valence-corrected chi connectivity index (χ4v) is 2.52. The van der Waals surface area contributed by atoms with Crippen LogP contribution in [-0.2, 0) is 11.2 Å². The van der Waals surface area contributed by atoms with Crippen molar-refractivity contribution in [2.75, 3.05) is 7.11 Å². The molecule has 0 bridgehead atoms. The minimum atomic E-state index is -0.688. The highest BCUT2D eigenvalue weighted by Crippen LogP contribution is 2.25. The summed E-state index contributed by atoms with van der Waals surface area (Å²) in [6.07, 6.45) is 3.02. The largest absolute Gasteiger partial charge is 0.502 e. The van der Waals surface area contributed by atoms with Crippen molar-refractivity contribution >= 4 is 17.8 Å². The summed E-state index contributed by atoms with van der Waals surface area (Å²) in [5, 5.41) is 24.0. The van der Waals surface area contributed by atoms with Crippen LogP contribution in [0.4, 0.5) is 5.69 Å². The number of amides is 1. The Bertz CT molecular complexity index is 864. The number of hydrogen-bond donors (Lipinski definition) is 2. The SMILES string of the molecule is COc1ccc(CCCC(=O)N/N=C\c2ccc(O)c([N+](=O)[O-])c2)c(C)c1. The predicted molar refractivity (Wildman–Crippen MR) is 101 cm³/mol. The number of hydrazone groups is 1. The molecule has 2 aromatic rings. The van der Waals surface area contributed by atoms with Crippen LogP contribution in [0.5, 0.6) is 11.5 Å². The van der Waals surface area contributed by atoms with E-state index in [-0.39, 0.29) is 5.91 Å². The molecule has 0 unspecified atom stereocenters. The van der Waals surface area contributed by atoms with Gasteiger partial charge in [-0.15, -0.1) is 0 Å². The summed E-state index contributed by atoms with van der Waals surface area (Å²) in [4.78, 5) is 21.9. The number of rotatable bonds is 8. The Hall–Kier alpha value is -3.42. The second kappa shape index (κ2) is 9.33. The van der Waals surface area contributed by atoms with Crippen LogP contribution in [0.15, 0.2) is 41.5 Å². The first kappa shape index (κ1) is 19.9. The van der Waals surface area contributed by atoms with Gasteiger partial charge in [-0.3, -0.25) is 14.9 Å². The zero-order valence-corrected chi connectivity index (χ0v) is 15.1. The van der Waals surface area contributed by atoms with E-state index in [1.807, 2.05) is 25.1 Å². The van der Waals surface area contributed by atoms with E-state index in [1.165, 1.54) is 24.4 Å². The number of aryl methyl sites for hydroxylation is 2. The molecule has 0 radical (unpaired) electrons. The van der Waals surface area contributed by atoms with Gasteiger partial charge in [0.05, 0.1) is 18.2 Å². The first-order valence-corrected chi connectivity index (χ1v) is 8.33. The maximum absolute atomic E-state index is 11.8. The molecular formula is C19H21N3O5. The smallest absolute Gasteiger partial charge is 0.311 e. The monoisotopic (exact) mass is 371 g/mol. The van der Waals surface area contributed by atoms with E-state index in [1.54, 1.807) is 7.11 Å². The zero-order valence-electron chi connectivity index (χ0n) is 15.1. The number of nitro benzene ring substituents is 1. The van der Waals surface area contributed by atoms with Gasteiger partial charge in [-0.25, -0.2) is 5.43 Å². The Labute approximate surface area is 156 Å². The van der Waals surface area contributed by atoms with Crippen LogP contribution in [-0.4, -0.2) is 29.3 Å². The molecule has 1 amide bonds. The molecule has 0 aliphatic carbocycles. The van der Waals surface area contributed by atoms with Crippen molar-refractivity contribution in [2.45, 2.75) is 26.2 Å². The van der Waals surface area contributed by atoms with Crippen molar-refractivity contribution in [2.24, 2.45) is 5.10 Å². The number of nitro groups is 1. The summed E-state index contributed by atoms with van der Waals surface area (Å²) >= 11 is 0. The number of carbonyl (C=O) groups is 1. The molecule has 142 valence electrons. The normalized spacial score (nSPS) is 10.7. The van der Waals surface area contributed by atoms with Crippen LogP contribution >= 0.6 is 0 Å². The molecule has 0 aliphatic heterocycles. The van der Waals surface area contributed by atoms with Crippen molar-refractivity contribution in [3.63, 3.8) is 0 Å². The summed E-state index contributed by atoms with van der Waals surface area (Å²) in [6.45, 7) is 2.00. The number of phenolic OH excluding ortho intramolecular Hbond substituents is 1.